The molecule has 0 unspecified atom stereocenters. The highest BCUT2D eigenvalue weighted by Crippen LogP contribution is 2.38. The van der Waals surface area contributed by atoms with E-state index in [9.17, 15) is 19.2 Å². The predicted octanol–water partition coefficient (Wildman–Crippen LogP) is 3.75. The van der Waals surface area contributed by atoms with Crippen LogP contribution < -0.4 is 5.32 Å². The van der Waals surface area contributed by atoms with E-state index in [2.05, 4.69) is 10.3 Å². The summed E-state index contributed by atoms with van der Waals surface area (Å²) in [6, 6.07) is 0. The van der Waals surface area contributed by atoms with E-state index in [0.717, 1.165) is 36.1 Å². The van der Waals surface area contributed by atoms with Gasteiger partial charge in [0.05, 0.1) is 23.4 Å². The molecule has 2 N–H and O–H groups in total. The SMILES string of the molecule is CCOC(=O)c1c(C)[nH]c(C(=O)COC(=O)c2c(NC(C)=O)sc3c2CCCC3)c1C. The number of hydrogen-bond acceptors (Lipinski definition) is 7. The zero-order chi connectivity index (χ0) is 22.7. The smallest absolute Gasteiger partial charge is 0.341 e. The minimum Gasteiger partial charge on any atom is -0.462 e. The van der Waals surface area contributed by atoms with Gasteiger partial charge in [-0.25, -0.2) is 9.59 Å². The molecule has 3 rings (SSSR count). The van der Waals surface area contributed by atoms with E-state index in [-0.39, 0.29) is 18.2 Å². The molecule has 31 heavy (non-hydrogen) atoms. The number of esters is 2. The molecule has 0 fully saturated rings. The Morgan fingerprint density at radius 2 is 1.71 bits per heavy atom. The van der Waals surface area contributed by atoms with Gasteiger partial charge in [-0.15, -0.1) is 11.3 Å². The molecular weight excluding hydrogens is 420 g/mol. The second-order valence-corrected chi connectivity index (χ2v) is 8.55. The number of Topliss-reactive ketones (excluding diaryl/α,β-unsaturated/α-hetero) is 1. The number of hydrogen-bond donors (Lipinski definition) is 2. The lowest BCUT2D eigenvalue weighted by Crippen LogP contribution is -2.18. The van der Waals surface area contributed by atoms with Crippen LogP contribution in [0.15, 0.2) is 0 Å². The third-order valence-corrected chi connectivity index (χ3v) is 6.40. The van der Waals surface area contributed by atoms with E-state index in [1.807, 2.05) is 0 Å². The van der Waals surface area contributed by atoms with E-state index in [1.54, 1.807) is 20.8 Å². The van der Waals surface area contributed by atoms with Crippen molar-refractivity contribution in [3.63, 3.8) is 0 Å². The van der Waals surface area contributed by atoms with Gasteiger partial charge in [-0.3, -0.25) is 9.59 Å². The Hall–Kier alpha value is -2.94. The summed E-state index contributed by atoms with van der Waals surface area (Å²) in [6.45, 7) is 6.17. The number of amides is 1. The lowest BCUT2D eigenvalue weighted by atomic mass is 9.95. The van der Waals surface area contributed by atoms with Crippen molar-refractivity contribution in [2.45, 2.75) is 53.4 Å². The van der Waals surface area contributed by atoms with Gasteiger partial charge in [0.2, 0.25) is 11.7 Å². The minimum atomic E-state index is -0.636. The van der Waals surface area contributed by atoms with Crippen molar-refractivity contribution >= 4 is 40.0 Å². The zero-order valence-corrected chi connectivity index (χ0v) is 18.9. The molecule has 1 aliphatic rings. The Balaban J connectivity index is 1.78. The third kappa shape index (κ3) is 4.71. The van der Waals surface area contributed by atoms with Crippen LogP contribution in [0.4, 0.5) is 5.00 Å². The average molecular weight is 447 g/mol. The van der Waals surface area contributed by atoms with Crippen LogP contribution in [-0.2, 0) is 27.1 Å². The normalized spacial score (nSPS) is 12.8. The summed E-state index contributed by atoms with van der Waals surface area (Å²) in [7, 11) is 0. The number of carbonyl (C=O) groups excluding carboxylic acids is 4. The number of ether oxygens (including phenoxy) is 2. The Bertz CT molecular complexity index is 1050. The van der Waals surface area contributed by atoms with Crippen molar-refractivity contribution in [1.29, 1.82) is 0 Å². The summed E-state index contributed by atoms with van der Waals surface area (Å²) < 4.78 is 10.4. The average Bonchev–Trinajstić information content (AvgIpc) is 3.21. The molecule has 9 heteroatoms. The van der Waals surface area contributed by atoms with Crippen LogP contribution in [0.2, 0.25) is 0 Å². The number of thiophene rings is 1. The van der Waals surface area contributed by atoms with Crippen molar-refractivity contribution < 1.29 is 28.7 Å². The number of carbonyl (C=O) groups is 4. The van der Waals surface area contributed by atoms with Gasteiger partial charge in [0.25, 0.3) is 0 Å². The molecule has 8 nitrogen and oxygen atoms in total. The number of fused-ring (bicyclic) bond motifs is 1. The molecule has 0 atom stereocenters. The lowest BCUT2D eigenvalue weighted by Gasteiger charge is -2.12. The van der Waals surface area contributed by atoms with Gasteiger partial charge in [0.1, 0.15) is 5.00 Å². The minimum absolute atomic E-state index is 0.211. The Labute approximate surface area is 184 Å². The highest BCUT2D eigenvalue weighted by Gasteiger charge is 2.28. The number of ketones is 1. The lowest BCUT2D eigenvalue weighted by molar-refractivity contribution is -0.114. The van der Waals surface area contributed by atoms with Crippen LogP contribution >= 0.6 is 11.3 Å². The van der Waals surface area contributed by atoms with Gasteiger partial charge in [-0.2, -0.15) is 0 Å². The highest BCUT2D eigenvalue weighted by molar-refractivity contribution is 7.17. The summed E-state index contributed by atoms with van der Waals surface area (Å²) in [6.07, 6.45) is 3.59. The van der Waals surface area contributed by atoms with Crippen LogP contribution in [0, 0.1) is 13.8 Å². The quantitative estimate of drug-likeness (QED) is 0.495. The van der Waals surface area contributed by atoms with Crippen LogP contribution in [0.5, 0.6) is 0 Å². The number of rotatable bonds is 7. The fourth-order valence-electron chi connectivity index (χ4n) is 3.84. The molecule has 0 aromatic carbocycles. The predicted molar refractivity (Wildman–Crippen MR) is 116 cm³/mol. The van der Waals surface area contributed by atoms with Crippen molar-refractivity contribution in [3.8, 4) is 0 Å². The number of aryl methyl sites for hydroxylation is 2. The van der Waals surface area contributed by atoms with E-state index in [1.165, 1.54) is 18.3 Å². The second-order valence-electron chi connectivity index (χ2n) is 7.44. The van der Waals surface area contributed by atoms with Crippen molar-refractivity contribution in [2.75, 3.05) is 18.5 Å². The van der Waals surface area contributed by atoms with E-state index >= 15 is 0 Å². The molecule has 0 spiro atoms. The van der Waals surface area contributed by atoms with Crippen LogP contribution in [-0.4, -0.2) is 41.8 Å². The number of aromatic nitrogens is 1. The van der Waals surface area contributed by atoms with Crippen LogP contribution in [0.1, 0.15) is 79.6 Å². The molecule has 166 valence electrons. The molecule has 0 bridgehead atoms. The molecular formula is C22H26N2O6S. The number of aromatic amines is 1. The molecule has 0 radical (unpaired) electrons. The maximum atomic E-state index is 12.9. The van der Waals surface area contributed by atoms with Gasteiger partial charge < -0.3 is 19.8 Å². The Kier molecular flexibility index (Phi) is 6.94. The molecule has 1 amide bonds. The number of nitrogens with one attached hydrogen (secondary N) is 2. The summed E-state index contributed by atoms with van der Waals surface area (Å²) in [4.78, 5) is 53.3. The van der Waals surface area contributed by atoms with E-state index < -0.39 is 24.3 Å². The summed E-state index contributed by atoms with van der Waals surface area (Å²) in [5.74, 6) is -1.86. The van der Waals surface area contributed by atoms with Crippen molar-refractivity contribution in [3.05, 3.63) is 38.5 Å². The molecule has 1 aliphatic carbocycles. The molecule has 0 saturated carbocycles. The summed E-state index contributed by atoms with van der Waals surface area (Å²) >= 11 is 1.39. The topological polar surface area (TPSA) is 115 Å². The first-order chi connectivity index (χ1) is 14.7. The molecule has 0 aliphatic heterocycles. The fourth-order valence-corrected chi connectivity index (χ4v) is 5.17. The first-order valence-electron chi connectivity index (χ1n) is 10.2. The first kappa shape index (κ1) is 22.7. The molecule has 0 saturated heterocycles. The monoisotopic (exact) mass is 446 g/mol. The largest absolute Gasteiger partial charge is 0.462 e. The van der Waals surface area contributed by atoms with Gasteiger partial charge in [0.15, 0.2) is 6.61 Å². The van der Waals surface area contributed by atoms with Gasteiger partial charge in [0, 0.05) is 17.5 Å². The van der Waals surface area contributed by atoms with Gasteiger partial charge in [-0.05, 0) is 57.6 Å². The molecule has 2 aromatic rings. The maximum Gasteiger partial charge on any atom is 0.341 e. The third-order valence-electron chi connectivity index (χ3n) is 5.20. The standard InChI is InChI=1S/C22H26N2O6S/c1-5-29-21(27)17-11(2)19(23-12(17)3)15(26)10-30-22(28)18-14-8-6-7-9-16(14)31-20(18)24-13(4)25/h23H,5-10H2,1-4H3,(H,24,25). The number of anilines is 1. The number of H-pyrrole nitrogens is 1. The van der Waals surface area contributed by atoms with Crippen molar-refractivity contribution in [1.82, 2.24) is 4.98 Å². The zero-order valence-electron chi connectivity index (χ0n) is 18.1. The van der Waals surface area contributed by atoms with Crippen LogP contribution in [0.25, 0.3) is 0 Å². The molecule has 2 aromatic heterocycles. The summed E-state index contributed by atoms with van der Waals surface area (Å²) in [5, 5.41) is 3.18. The Morgan fingerprint density at radius 3 is 2.39 bits per heavy atom. The van der Waals surface area contributed by atoms with E-state index in [4.69, 9.17) is 9.47 Å². The van der Waals surface area contributed by atoms with Crippen LogP contribution in [0.3, 0.4) is 0 Å². The fraction of sp³-hybridized carbons (Fsp3) is 0.455. The second kappa shape index (κ2) is 9.47. The highest BCUT2D eigenvalue weighted by atomic mass is 32.1. The van der Waals surface area contributed by atoms with Gasteiger partial charge in [-0.1, -0.05) is 0 Å². The van der Waals surface area contributed by atoms with Crippen molar-refractivity contribution in [2.24, 2.45) is 0 Å². The molecule has 2 heterocycles. The summed E-state index contributed by atoms with van der Waals surface area (Å²) in [5.41, 5.74) is 2.75. The maximum absolute atomic E-state index is 12.9. The Morgan fingerprint density at radius 1 is 1.03 bits per heavy atom. The van der Waals surface area contributed by atoms with Gasteiger partial charge >= 0.3 is 11.9 Å². The first-order valence-corrected chi connectivity index (χ1v) is 11.0. The van der Waals surface area contributed by atoms with E-state index in [0.29, 0.717) is 27.4 Å².